The lowest BCUT2D eigenvalue weighted by Gasteiger charge is -2.10. The minimum absolute atomic E-state index is 0.343. The highest BCUT2D eigenvalue weighted by atomic mass is 16.5. The normalized spacial score (nSPS) is 10.7. The molecule has 0 unspecified atom stereocenters. The van der Waals surface area contributed by atoms with Crippen molar-refractivity contribution in [1.82, 2.24) is 9.97 Å². The van der Waals surface area contributed by atoms with Crippen LogP contribution in [0.25, 0.3) is 22.4 Å². The van der Waals surface area contributed by atoms with E-state index in [9.17, 15) is 9.59 Å². The third-order valence-electron chi connectivity index (χ3n) is 4.54. The molecule has 0 aliphatic rings. The fourth-order valence-electron chi connectivity index (χ4n) is 3.06. The van der Waals surface area contributed by atoms with Gasteiger partial charge in [-0.25, -0.2) is 9.78 Å². The Morgan fingerprint density at radius 2 is 1.69 bits per heavy atom. The largest absolute Gasteiger partial charge is 0.452 e. The average Bonchev–Trinajstić information content (AvgIpc) is 3.18. The van der Waals surface area contributed by atoms with Crippen molar-refractivity contribution in [2.24, 2.45) is 0 Å². The van der Waals surface area contributed by atoms with Crippen molar-refractivity contribution < 1.29 is 14.3 Å². The number of aromatic nitrogens is 2. The second-order valence-corrected chi connectivity index (χ2v) is 6.59. The summed E-state index contributed by atoms with van der Waals surface area (Å²) in [5, 5.41) is 2.75. The van der Waals surface area contributed by atoms with Crippen molar-refractivity contribution in [1.29, 1.82) is 0 Å². The van der Waals surface area contributed by atoms with Crippen molar-refractivity contribution in [3.05, 3.63) is 83.9 Å². The highest BCUT2D eigenvalue weighted by Gasteiger charge is 2.17. The van der Waals surface area contributed by atoms with Gasteiger partial charge in [0, 0.05) is 11.3 Å². The van der Waals surface area contributed by atoms with Gasteiger partial charge in [0.1, 0.15) is 5.82 Å². The van der Waals surface area contributed by atoms with Crippen molar-refractivity contribution in [3.8, 4) is 11.4 Å². The molecule has 0 saturated carbocycles. The number of para-hydroxylation sites is 3. The van der Waals surface area contributed by atoms with E-state index in [1.807, 2.05) is 55.5 Å². The predicted octanol–water partition coefficient (Wildman–Crippen LogP) is 4.33. The van der Waals surface area contributed by atoms with E-state index in [2.05, 4.69) is 15.3 Å². The Kier molecular flexibility index (Phi) is 5.07. The molecule has 144 valence electrons. The van der Waals surface area contributed by atoms with E-state index in [4.69, 9.17) is 4.74 Å². The Balaban J connectivity index is 1.49. The van der Waals surface area contributed by atoms with Gasteiger partial charge in [-0.2, -0.15) is 0 Å². The fraction of sp³-hybridized carbons (Fsp3) is 0.0870. The number of carbonyl (C=O) groups excluding carboxylic acids is 2. The number of hydrogen-bond donors (Lipinski definition) is 2. The van der Waals surface area contributed by atoms with Crippen LogP contribution in [0.1, 0.15) is 15.9 Å². The van der Waals surface area contributed by atoms with Crippen LogP contribution in [0.5, 0.6) is 0 Å². The second kappa shape index (κ2) is 7.98. The Labute approximate surface area is 167 Å². The number of hydrogen-bond acceptors (Lipinski definition) is 4. The second-order valence-electron chi connectivity index (χ2n) is 6.59. The summed E-state index contributed by atoms with van der Waals surface area (Å²) in [5.41, 5.74) is 4.27. The van der Waals surface area contributed by atoms with Crippen molar-refractivity contribution in [2.45, 2.75) is 6.92 Å². The number of anilines is 1. The van der Waals surface area contributed by atoms with E-state index >= 15 is 0 Å². The quantitative estimate of drug-likeness (QED) is 0.501. The van der Waals surface area contributed by atoms with Crippen LogP contribution >= 0.6 is 0 Å². The number of fused-ring (bicyclic) bond motifs is 1. The number of amides is 1. The molecule has 3 aromatic carbocycles. The molecule has 0 radical (unpaired) electrons. The molecular weight excluding hydrogens is 366 g/mol. The molecule has 6 nitrogen and oxygen atoms in total. The zero-order valence-electron chi connectivity index (χ0n) is 15.8. The molecule has 0 fully saturated rings. The van der Waals surface area contributed by atoms with Crippen LogP contribution in [0.3, 0.4) is 0 Å². The zero-order chi connectivity index (χ0) is 20.2. The predicted molar refractivity (Wildman–Crippen MR) is 112 cm³/mol. The number of nitrogens with zero attached hydrogens (tertiary/aromatic N) is 1. The summed E-state index contributed by atoms with van der Waals surface area (Å²) in [7, 11) is 0. The van der Waals surface area contributed by atoms with Crippen molar-refractivity contribution >= 4 is 28.6 Å². The maximum absolute atomic E-state index is 12.6. The lowest BCUT2D eigenvalue weighted by molar-refractivity contribution is -0.119. The van der Waals surface area contributed by atoms with Crippen LogP contribution in [-0.4, -0.2) is 28.5 Å². The maximum atomic E-state index is 12.6. The lowest BCUT2D eigenvalue weighted by atomic mass is 10.1. The molecule has 4 rings (SSSR count). The molecule has 4 aromatic rings. The van der Waals surface area contributed by atoms with Crippen LogP contribution in [-0.2, 0) is 9.53 Å². The first-order chi connectivity index (χ1) is 14.1. The summed E-state index contributed by atoms with van der Waals surface area (Å²) >= 11 is 0. The molecule has 0 atom stereocenters. The smallest absolute Gasteiger partial charge is 0.339 e. The minimum atomic E-state index is -0.582. The number of aryl methyl sites for hydroxylation is 1. The minimum Gasteiger partial charge on any atom is -0.452 e. The fourth-order valence-corrected chi connectivity index (χ4v) is 3.06. The first kappa shape index (κ1) is 18.4. The molecular formula is C23H19N3O3. The highest BCUT2D eigenvalue weighted by molar-refractivity contribution is 5.99. The Bertz CT molecular complexity index is 1160. The average molecular weight is 385 g/mol. The zero-order valence-corrected chi connectivity index (χ0v) is 15.8. The van der Waals surface area contributed by atoms with Crippen LogP contribution in [0, 0.1) is 6.92 Å². The molecule has 1 aromatic heterocycles. The SMILES string of the molecule is Cc1ccccc1NC(=O)COC(=O)c1ccccc1-c1nc2ccccc2[nH]1. The van der Waals surface area contributed by atoms with Crippen molar-refractivity contribution in [3.63, 3.8) is 0 Å². The third kappa shape index (κ3) is 4.01. The van der Waals surface area contributed by atoms with Gasteiger partial charge >= 0.3 is 5.97 Å². The summed E-state index contributed by atoms with van der Waals surface area (Å²) < 4.78 is 5.25. The molecule has 1 heterocycles. The summed E-state index contributed by atoms with van der Waals surface area (Å²) in [6.45, 7) is 1.52. The van der Waals surface area contributed by atoms with Gasteiger partial charge in [-0.1, -0.05) is 48.5 Å². The maximum Gasteiger partial charge on any atom is 0.339 e. The van der Waals surface area contributed by atoms with Gasteiger partial charge in [-0.3, -0.25) is 4.79 Å². The summed E-state index contributed by atoms with van der Waals surface area (Å²) in [5.74, 6) is -0.405. The Hall–Kier alpha value is -3.93. The standard InChI is InChI=1S/C23H19N3O3/c1-15-8-2-5-11-18(15)24-21(27)14-29-23(28)17-10-4-3-9-16(17)22-25-19-12-6-7-13-20(19)26-22/h2-13H,14H2,1H3,(H,24,27)(H,25,26). The summed E-state index contributed by atoms with van der Waals surface area (Å²) in [6.07, 6.45) is 0. The van der Waals surface area contributed by atoms with Crippen LogP contribution in [0.2, 0.25) is 0 Å². The number of esters is 1. The van der Waals surface area contributed by atoms with Crippen LogP contribution in [0.4, 0.5) is 5.69 Å². The van der Waals surface area contributed by atoms with E-state index in [-0.39, 0.29) is 6.61 Å². The number of benzene rings is 3. The van der Waals surface area contributed by atoms with Gasteiger partial charge in [-0.15, -0.1) is 0 Å². The number of H-pyrrole nitrogens is 1. The van der Waals surface area contributed by atoms with Gasteiger partial charge in [0.25, 0.3) is 5.91 Å². The molecule has 2 N–H and O–H groups in total. The molecule has 29 heavy (non-hydrogen) atoms. The molecule has 6 heteroatoms. The van der Waals surface area contributed by atoms with Gasteiger partial charge < -0.3 is 15.0 Å². The third-order valence-corrected chi connectivity index (χ3v) is 4.54. The van der Waals surface area contributed by atoms with Crippen molar-refractivity contribution in [2.75, 3.05) is 11.9 Å². The van der Waals surface area contributed by atoms with Crippen LogP contribution in [0.15, 0.2) is 72.8 Å². The number of rotatable bonds is 5. The van der Waals surface area contributed by atoms with E-state index in [0.717, 1.165) is 16.6 Å². The first-order valence-electron chi connectivity index (χ1n) is 9.18. The number of aromatic amines is 1. The van der Waals surface area contributed by atoms with Gasteiger partial charge in [-0.05, 0) is 36.8 Å². The summed E-state index contributed by atoms with van der Waals surface area (Å²) in [6, 6.07) is 22.1. The summed E-state index contributed by atoms with van der Waals surface area (Å²) in [4.78, 5) is 32.6. The molecule has 0 saturated heterocycles. The highest BCUT2D eigenvalue weighted by Crippen LogP contribution is 2.24. The number of carbonyl (C=O) groups is 2. The molecule has 0 aliphatic carbocycles. The van der Waals surface area contributed by atoms with Gasteiger partial charge in [0.2, 0.25) is 0 Å². The van der Waals surface area contributed by atoms with E-state index in [0.29, 0.717) is 22.6 Å². The van der Waals surface area contributed by atoms with E-state index in [1.165, 1.54) is 0 Å². The monoisotopic (exact) mass is 385 g/mol. The Morgan fingerprint density at radius 1 is 0.966 bits per heavy atom. The number of ether oxygens (including phenoxy) is 1. The topological polar surface area (TPSA) is 84.1 Å². The molecule has 1 amide bonds. The van der Waals surface area contributed by atoms with Gasteiger partial charge in [0.05, 0.1) is 16.6 Å². The van der Waals surface area contributed by atoms with E-state index in [1.54, 1.807) is 24.3 Å². The van der Waals surface area contributed by atoms with Crippen LogP contribution < -0.4 is 5.32 Å². The lowest BCUT2D eigenvalue weighted by Crippen LogP contribution is -2.21. The number of nitrogens with one attached hydrogen (secondary N) is 2. The van der Waals surface area contributed by atoms with Gasteiger partial charge in [0.15, 0.2) is 6.61 Å². The molecule has 0 aliphatic heterocycles. The number of imidazole rings is 1. The van der Waals surface area contributed by atoms with E-state index < -0.39 is 11.9 Å². The molecule has 0 spiro atoms. The Morgan fingerprint density at radius 3 is 2.52 bits per heavy atom. The molecule has 0 bridgehead atoms. The first-order valence-corrected chi connectivity index (χ1v) is 9.18.